The largest absolute Gasteiger partial charge is 0.331 e. The number of nitrogens with one attached hydrogen (secondary N) is 1. The zero-order chi connectivity index (χ0) is 13.9. The number of amides is 1. The van der Waals surface area contributed by atoms with Crippen molar-refractivity contribution in [2.75, 3.05) is 5.32 Å². The minimum Gasteiger partial charge on any atom is -0.306 e. The Balaban J connectivity index is 1.89. The van der Waals surface area contributed by atoms with E-state index in [2.05, 4.69) is 25.8 Å². The van der Waals surface area contributed by atoms with Crippen molar-refractivity contribution in [3.05, 3.63) is 48.3 Å². The Kier molecular flexibility index (Phi) is 3.13. The van der Waals surface area contributed by atoms with Crippen LogP contribution in [-0.2, 0) is 0 Å². The van der Waals surface area contributed by atoms with Gasteiger partial charge in [0.05, 0.1) is 16.4 Å². The molecule has 1 aromatic carbocycles. The maximum Gasteiger partial charge on any atom is 0.331 e. The van der Waals surface area contributed by atoms with Crippen LogP contribution in [0.15, 0.2) is 43.2 Å². The molecular formula is C11H8ClN7O. The Morgan fingerprint density at radius 1 is 1.30 bits per heavy atom. The fraction of sp³-hybridized carbons (Fsp3) is 0. The zero-order valence-corrected chi connectivity index (χ0v) is 10.8. The topological polar surface area (TPSA) is 90.5 Å². The molecule has 0 aliphatic rings. The molecule has 2 aromatic heterocycles. The summed E-state index contributed by atoms with van der Waals surface area (Å²) in [5, 5.41) is 14.0. The minimum atomic E-state index is -0.363. The molecule has 0 aliphatic heterocycles. The van der Waals surface area contributed by atoms with E-state index in [-0.39, 0.29) is 6.03 Å². The number of carbonyl (C=O) groups excluding carboxylic acids is 1. The molecule has 1 N–H and O–H groups in total. The quantitative estimate of drug-likeness (QED) is 0.773. The van der Waals surface area contributed by atoms with Gasteiger partial charge < -0.3 is 5.32 Å². The summed E-state index contributed by atoms with van der Waals surface area (Å²) in [4.78, 5) is 15.7. The summed E-state index contributed by atoms with van der Waals surface area (Å²) >= 11 is 6.06. The van der Waals surface area contributed by atoms with Crippen molar-refractivity contribution in [3.8, 4) is 5.69 Å². The molecule has 3 aromatic rings. The fourth-order valence-electron chi connectivity index (χ4n) is 1.59. The number of anilines is 1. The van der Waals surface area contributed by atoms with Gasteiger partial charge in [-0.2, -0.15) is 0 Å². The summed E-state index contributed by atoms with van der Waals surface area (Å²) in [5.41, 5.74) is 1.14. The molecule has 0 aliphatic carbocycles. The molecule has 0 radical (unpaired) electrons. The van der Waals surface area contributed by atoms with Crippen LogP contribution in [0.5, 0.6) is 0 Å². The molecule has 0 atom stereocenters. The fourth-order valence-corrected chi connectivity index (χ4v) is 1.75. The summed E-state index contributed by atoms with van der Waals surface area (Å²) in [7, 11) is 0. The first-order chi connectivity index (χ1) is 9.74. The molecule has 0 spiro atoms. The Hall–Kier alpha value is -2.74. The normalized spacial score (nSPS) is 10.4. The number of rotatable bonds is 2. The number of benzene rings is 1. The van der Waals surface area contributed by atoms with Gasteiger partial charge >= 0.3 is 6.03 Å². The highest BCUT2D eigenvalue weighted by Gasteiger charge is 2.09. The SMILES string of the molecule is O=C(Nc1cc(-n2cnnn2)ccc1Cl)n1ccnc1. The molecule has 8 nitrogen and oxygen atoms in total. The highest BCUT2D eigenvalue weighted by molar-refractivity contribution is 6.33. The standard InChI is InChI=1S/C11H8ClN7O/c12-9-2-1-8(19-7-14-16-17-19)5-10(9)15-11(20)18-4-3-13-6-18/h1-7H,(H,15,20). The monoisotopic (exact) mass is 289 g/mol. The van der Waals surface area contributed by atoms with Crippen molar-refractivity contribution in [2.24, 2.45) is 0 Å². The van der Waals surface area contributed by atoms with E-state index < -0.39 is 0 Å². The van der Waals surface area contributed by atoms with Gasteiger partial charge in [-0.3, -0.25) is 4.57 Å². The van der Waals surface area contributed by atoms with E-state index in [4.69, 9.17) is 11.6 Å². The lowest BCUT2D eigenvalue weighted by Gasteiger charge is -2.09. The number of nitrogens with zero attached hydrogens (tertiary/aromatic N) is 6. The highest BCUT2D eigenvalue weighted by atomic mass is 35.5. The summed E-state index contributed by atoms with van der Waals surface area (Å²) < 4.78 is 2.77. The number of hydrogen-bond acceptors (Lipinski definition) is 5. The third kappa shape index (κ3) is 2.36. The first-order valence-electron chi connectivity index (χ1n) is 5.56. The van der Waals surface area contributed by atoms with Gasteiger partial charge in [-0.05, 0) is 28.6 Å². The van der Waals surface area contributed by atoms with Crippen molar-refractivity contribution in [2.45, 2.75) is 0 Å². The Morgan fingerprint density at radius 2 is 2.20 bits per heavy atom. The van der Waals surface area contributed by atoms with Gasteiger partial charge in [0.25, 0.3) is 0 Å². The molecule has 0 fully saturated rings. The summed E-state index contributed by atoms with van der Waals surface area (Å²) in [6.45, 7) is 0. The zero-order valence-electron chi connectivity index (χ0n) is 10.0. The maximum absolute atomic E-state index is 11.9. The van der Waals surface area contributed by atoms with Crippen LogP contribution in [-0.4, -0.2) is 35.8 Å². The Morgan fingerprint density at radius 3 is 2.90 bits per heavy atom. The van der Waals surface area contributed by atoms with Crippen LogP contribution in [0.2, 0.25) is 5.02 Å². The van der Waals surface area contributed by atoms with E-state index in [9.17, 15) is 4.79 Å². The second kappa shape index (κ2) is 5.10. The van der Waals surface area contributed by atoms with Gasteiger partial charge in [0.15, 0.2) is 0 Å². The van der Waals surface area contributed by atoms with Gasteiger partial charge in [-0.15, -0.1) is 5.10 Å². The summed E-state index contributed by atoms with van der Waals surface area (Å²) in [5.74, 6) is 0. The van der Waals surface area contributed by atoms with Crippen molar-refractivity contribution < 1.29 is 4.79 Å². The predicted octanol–water partition coefficient (Wildman–Crippen LogP) is 1.59. The van der Waals surface area contributed by atoms with Crippen LogP contribution < -0.4 is 5.32 Å². The number of tetrazole rings is 1. The molecule has 0 bridgehead atoms. The summed E-state index contributed by atoms with van der Waals surface area (Å²) in [6.07, 6.45) is 5.90. The lowest BCUT2D eigenvalue weighted by Crippen LogP contribution is -2.18. The van der Waals surface area contributed by atoms with Gasteiger partial charge in [0.1, 0.15) is 12.7 Å². The van der Waals surface area contributed by atoms with Gasteiger partial charge in [0, 0.05) is 12.4 Å². The smallest absolute Gasteiger partial charge is 0.306 e. The number of halogens is 1. The molecule has 0 saturated carbocycles. The molecule has 0 saturated heterocycles. The number of imidazole rings is 1. The number of hydrogen-bond donors (Lipinski definition) is 1. The predicted molar refractivity (Wildman–Crippen MR) is 70.8 cm³/mol. The molecule has 0 unspecified atom stereocenters. The average Bonchev–Trinajstić information content (AvgIpc) is 3.14. The second-order valence-corrected chi connectivity index (χ2v) is 4.23. The molecule has 2 heterocycles. The van der Waals surface area contributed by atoms with Crippen molar-refractivity contribution in [3.63, 3.8) is 0 Å². The third-order valence-electron chi connectivity index (χ3n) is 2.54. The lowest BCUT2D eigenvalue weighted by molar-refractivity contribution is 0.253. The molecule has 20 heavy (non-hydrogen) atoms. The van der Waals surface area contributed by atoms with Crippen molar-refractivity contribution >= 4 is 23.3 Å². The highest BCUT2D eigenvalue weighted by Crippen LogP contribution is 2.24. The van der Waals surface area contributed by atoms with E-state index in [1.807, 2.05) is 0 Å². The van der Waals surface area contributed by atoms with Crippen LogP contribution in [0.3, 0.4) is 0 Å². The first kappa shape index (κ1) is 12.3. The Bertz CT molecular complexity index is 723. The average molecular weight is 290 g/mol. The molecule has 100 valence electrons. The van der Waals surface area contributed by atoms with Crippen molar-refractivity contribution in [1.82, 2.24) is 29.8 Å². The van der Waals surface area contributed by atoms with E-state index in [1.165, 1.54) is 34.3 Å². The van der Waals surface area contributed by atoms with E-state index in [0.717, 1.165) is 0 Å². The first-order valence-corrected chi connectivity index (χ1v) is 5.94. The van der Waals surface area contributed by atoms with Gasteiger partial charge in [-0.1, -0.05) is 11.6 Å². The van der Waals surface area contributed by atoms with Crippen molar-refractivity contribution in [1.29, 1.82) is 0 Å². The third-order valence-corrected chi connectivity index (χ3v) is 2.87. The number of aromatic nitrogens is 6. The van der Waals surface area contributed by atoms with Gasteiger partial charge in [-0.25, -0.2) is 14.5 Å². The Labute approximate surface area is 118 Å². The molecule has 9 heteroatoms. The summed E-state index contributed by atoms with van der Waals surface area (Å²) in [6, 6.07) is 4.71. The van der Waals surface area contributed by atoms with Crippen LogP contribution >= 0.6 is 11.6 Å². The second-order valence-electron chi connectivity index (χ2n) is 3.82. The van der Waals surface area contributed by atoms with E-state index in [0.29, 0.717) is 16.4 Å². The lowest BCUT2D eigenvalue weighted by atomic mass is 10.3. The van der Waals surface area contributed by atoms with Crippen LogP contribution in [0.4, 0.5) is 10.5 Å². The molecule has 3 rings (SSSR count). The van der Waals surface area contributed by atoms with E-state index >= 15 is 0 Å². The van der Waals surface area contributed by atoms with Crippen LogP contribution in [0.25, 0.3) is 5.69 Å². The molecule has 1 amide bonds. The molecular weight excluding hydrogens is 282 g/mol. The van der Waals surface area contributed by atoms with Crippen LogP contribution in [0.1, 0.15) is 0 Å². The van der Waals surface area contributed by atoms with Gasteiger partial charge in [0.2, 0.25) is 0 Å². The minimum absolute atomic E-state index is 0.363. The number of carbonyl (C=O) groups is 1. The maximum atomic E-state index is 11.9. The van der Waals surface area contributed by atoms with E-state index in [1.54, 1.807) is 18.2 Å². The van der Waals surface area contributed by atoms with Crippen LogP contribution in [0, 0.1) is 0 Å².